The lowest BCUT2D eigenvalue weighted by atomic mass is 10.1. The number of nitrogens with zero attached hydrogens (tertiary/aromatic N) is 3. The second kappa shape index (κ2) is 6.44. The second-order valence-corrected chi connectivity index (χ2v) is 6.28. The Labute approximate surface area is 147 Å². The third-order valence-electron chi connectivity index (χ3n) is 4.42. The molecule has 4 rings (SSSR count). The zero-order valence-electron chi connectivity index (χ0n) is 13.8. The minimum atomic E-state index is -2.61. The first-order chi connectivity index (χ1) is 12.5. The lowest BCUT2D eigenvalue weighted by Gasteiger charge is -2.33. The largest absolute Gasteiger partial charge is 0.380 e. The second-order valence-electron chi connectivity index (χ2n) is 6.28. The van der Waals surface area contributed by atoms with Crippen LogP contribution in [0.4, 0.5) is 24.5 Å². The van der Waals surface area contributed by atoms with E-state index in [4.69, 9.17) is 4.84 Å². The van der Waals surface area contributed by atoms with Gasteiger partial charge in [-0.15, -0.1) is 0 Å². The fraction of sp³-hybridized carbons (Fsp3) is 0.278. The van der Waals surface area contributed by atoms with E-state index in [0.29, 0.717) is 17.0 Å². The molecule has 136 valence electrons. The minimum Gasteiger partial charge on any atom is -0.380 e. The van der Waals surface area contributed by atoms with E-state index >= 15 is 0 Å². The van der Waals surface area contributed by atoms with Crippen LogP contribution in [0.1, 0.15) is 12.8 Å². The summed E-state index contributed by atoms with van der Waals surface area (Å²) < 4.78 is 41.7. The number of anilines is 2. The quantitative estimate of drug-likeness (QED) is 0.709. The van der Waals surface area contributed by atoms with Crippen molar-refractivity contribution in [2.45, 2.75) is 18.8 Å². The molecular formula is C18H17F3N4O. The molecule has 5 nitrogen and oxygen atoms in total. The first kappa shape index (κ1) is 16.6. The van der Waals surface area contributed by atoms with Gasteiger partial charge in [-0.25, -0.2) is 23.2 Å². The molecule has 0 unspecified atom stereocenters. The maximum absolute atomic E-state index is 13.4. The van der Waals surface area contributed by atoms with Crippen molar-refractivity contribution in [3.63, 3.8) is 0 Å². The van der Waals surface area contributed by atoms with Crippen molar-refractivity contribution in [1.29, 1.82) is 0 Å². The molecule has 1 aliphatic rings. The van der Waals surface area contributed by atoms with E-state index in [1.54, 1.807) is 41.2 Å². The molecule has 2 aromatic heterocycles. The molecule has 1 saturated heterocycles. The van der Waals surface area contributed by atoms with Crippen molar-refractivity contribution in [1.82, 2.24) is 9.61 Å². The Morgan fingerprint density at radius 1 is 1.12 bits per heavy atom. The first-order valence-corrected chi connectivity index (χ1v) is 8.29. The summed E-state index contributed by atoms with van der Waals surface area (Å²) >= 11 is 0. The van der Waals surface area contributed by atoms with Crippen LogP contribution in [-0.2, 0) is 0 Å². The molecule has 1 fully saturated rings. The molecule has 0 saturated carbocycles. The van der Waals surface area contributed by atoms with E-state index in [9.17, 15) is 13.2 Å². The third kappa shape index (κ3) is 3.40. The van der Waals surface area contributed by atoms with Crippen molar-refractivity contribution in [3.8, 4) is 5.75 Å². The Morgan fingerprint density at radius 2 is 1.92 bits per heavy atom. The molecule has 0 atom stereocenters. The van der Waals surface area contributed by atoms with E-state index in [-0.39, 0.29) is 31.7 Å². The Bertz CT molecular complexity index is 918. The van der Waals surface area contributed by atoms with Crippen LogP contribution in [0.3, 0.4) is 0 Å². The summed E-state index contributed by atoms with van der Waals surface area (Å²) in [5.74, 6) is -2.51. The fourth-order valence-corrected chi connectivity index (χ4v) is 3.00. The van der Waals surface area contributed by atoms with Crippen LogP contribution < -0.4 is 15.2 Å². The van der Waals surface area contributed by atoms with Gasteiger partial charge in [-0.1, -0.05) is 6.07 Å². The number of hydrogen-bond acceptors (Lipinski definition) is 4. The number of benzene rings is 1. The van der Waals surface area contributed by atoms with E-state index in [1.165, 1.54) is 12.1 Å². The van der Waals surface area contributed by atoms with Gasteiger partial charge in [0.05, 0.1) is 23.8 Å². The van der Waals surface area contributed by atoms with Crippen LogP contribution in [0.25, 0.3) is 5.52 Å². The topological polar surface area (TPSA) is 41.8 Å². The summed E-state index contributed by atoms with van der Waals surface area (Å²) in [6, 6.07) is 9.44. The third-order valence-corrected chi connectivity index (χ3v) is 4.42. The van der Waals surface area contributed by atoms with Gasteiger partial charge in [-0.05, 0) is 18.2 Å². The van der Waals surface area contributed by atoms with Crippen LogP contribution in [0.2, 0.25) is 0 Å². The predicted octanol–water partition coefficient (Wildman–Crippen LogP) is 4.11. The van der Waals surface area contributed by atoms with E-state index in [0.717, 1.165) is 5.69 Å². The highest BCUT2D eigenvalue weighted by atomic mass is 19.3. The zero-order valence-corrected chi connectivity index (χ0v) is 13.8. The van der Waals surface area contributed by atoms with Gasteiger partial charge >= 0.3 is 0 Å². The molecule has 0 bridgehead atoms. The molecule has 1 N–H and O–H groups in total. The highest BCUT2D eigenvalue weighted by molar-refractivity contribution is 5.66. The van der Waals surface area contributed by atoms with Crippen molar-refractivity contribution in [2.24, 2.45) is 0 Å². The Morgan fingerprint density at radius 3 is 2.69 bits per heavy atom. The lowest BCUT2D eigenvalue weighted by Crippen LogP contribution is -2.39. The van der Waals surface area contributed by atoms with Gasteiger partial charge in [0.25, 0.3) is 5.92 Å². The van der Waals surface area contributed by atoms with Gasteiger partial charge in [-0.2, -0.15) is 5.10 Å². The molecule has 3 heterocycles. The van der Waals surface area contributed by atoms with Crippen molar-refractivity contribution >= 4 is 16.9 Å². The van der Waals surface area contributed by atoms with Gasteiger partial charge in [-0.3, -0.25) is 0 Å². The normalized spacial score (nSPS) is 16.7. The molecular weight excluding hydrogens is 345 g/mol. The SMILES string of the molecule is Fc1cccc(NOc2cc(N3CCC(F)(F)CC3)cn3nccc23)c1. The Hall–Kier alpha value is -2.90. The lowest BCUT2D eigenvalue weighted by molar-refractivity contribution is -0.0220. The summed E-state index contributed by atoms with van der Waals surface area (Å²) in [5.41, 5.74) is 4.62. The van der Waals surface area contributed by atoms with Gasteiger partial charge in [0.15, 0.2) is 5.75 Å². The molecule has 8 heteroatoms. The van der Waals surface area contributed by atoms with Gasteiger partial charge in [0, 0.05) is 38.1 Å². The highest BCUT2D eigenvalue weighted by Crippen LogP contribution is 2.33. The Kier molecular flexibility index (Phi) is 4.10. The Balaban J connectivity index is 1.59. The maximum Gasteiger partial charge on any atom is 0.251 e. The number of aromatic nitrogens is 2. The van der Waals surface area contributed by atoms with E-state index < -0.39 is 5.92 Å². The number of fused-ring (bicyclic) bond motifs is 1. The summed E-state index contributed by atoms with van der Waals surface area (Å²) in [6.07, 6.45) is 3.05. The highest BCUT2D eigenvalue weighted by Gasteiger charge is 2.34. The van der Waals surface area contributed by atoms with E-state index in [2.05, 4.69) is 10.6 Å². The smallest absolute Gasteiger partial charge is 0.251 e. The van der Waals surface area contributed by atoms with Crippen molar-refractivity contribution < 1.29 is 18.0 Å². The summed E-state index contributed by atoms with van der Waals surface area (Å²) in [4.78, 5) is 7.52. The summed E-state index contributed by atoms with van der Waals surface area (Å²) in [5, 5.41) is 4.21. The molecule has 1 aromatic carbocycles. The zero-order chi connectivity index (χ0) is 18.1. The summed E-state index contributed by atoms with van der Waals surface area (Å²) in [7, 11) is 0. The van der Waals surface area contributed by atoms with Gasteiger partial charge in [0.2, 0.25) is 0 Å². The fourth-order valence-electron chi connectivity index (χ4n) is 3.00. The molecule has 26 heavy (non-hydrogen) atoms. The number of pyridine rings is 1. The number of nitrogens with one attached hydrogen (secondary N) is 1. The average Bonchev–Trinajstić information content (AvgIpc) is 3.08. The van der Waals surface area contributed by atoms with Crippen LogP contribution in [0, 0.1) is 5.82 Å². The van der Waals surface area contributed by atoms with E-state index in [1.807, 2.05) is 4.90 Å². The minimum absolute atomic E-state index is 0.179. The molecule has 0 aliphatic carbocycles. The summed E-state index contributed by atoms with van der Waals surface area (Å²) in [6.45, 7) is 0.521. The molecule has 0 spiro atoms. The van der Waals surface area contributed by atoms with Crippen LogP contribution in [-0.4, -0.2) is 28.6 Å². The van der Waals surface area contributed by atoms with Crippen LogP contribution >= 0.6 is 0 Å². The molecule has 3 aromatic rings. The van der Waals surface area contributed by atoms with Crippen LogP contribution in [0.5, 0.6) is 5.75 Å². The standard InChI is InChI=1S/C18H17F3N4O/c19-13-2-1-3-14(10-13)23-26-17-11-15(12-25-16(17)4-7-22-25)24-8-5-18(20,21)6-9-24/h1-4,7,10-12,23H,5-6,8-9H2. The van der Waals surface area contributed by atoms with Gasteiger partial charge < -0.3 is 9.74 Å². The first-order valence-electron chi connectivity index (χ1n) is 8.29. The average molecular weight is 362 g/mol. The predicted molar refractivity (Wildman–Crippen MR) is 92.2 cm³/mol. The number of alkyl halides is 2. The van der Waals surface area contributed by atoms with Crippen molar-refractivity contribution in [3.05, 3.63) is 54.6 Å². The number of halogens is 3. The molecule has 0 radical (unpaired) electrons. The monoisotopic (exact) mass is 362 g/mol. The molecule has 1 aliphatic heterocycles. The maximum atomic E-state index is 13.4. The number of rotatable bonds is 4. The number of hydrogen-bond donors (Lipinski definition) is 1. The number of piperidine rings is 1. The van der Waals surface area contributed by atoms with Gasteiger partial charge in [0.1, 0.15) is 11.3 Å². The molecule has 0 amide bonds. The van der Waals surface area contributed by atoms with Crippen LogP contribution in [0.15, 0.2) is 48.8 Å². The van der Waals surface area contributed by atoms with Crippen molar-refractivity contribution in [2.75, 3.05) is 23.5 Å².